The zero-order valence-electron chi connectivity index (χ0n) is 14.7. The highest BCUT2D eigenvalue weighted by Gasteiger charge is 2.36. The van der Waals surface area contributed by atoms with E-state index >= 15 is 0 Å². The highest BCUT2D eigenvalue weighted by atomic mass is 32.2. The molecule has 0 bridgehead atoms. The number of nitrogens with one attached hydrogen (secondary N) is 1. The zero-order chi connectivity index (χ0) is 19.0. The number of hydrogen-bond acceptors (Lipinski definition) is 4. The van der Waals surface area contributed by atoms with Crippen LogP contribution in [-0.2, 0) is 26.2 Å². The minimum absolute atomic E-state index is 0.241. The van der Waals surface area contributed by atoms with Crippen LogP contribution in [0.15, 0.2) is 65.6 Å². The predicted octanol–water partition coefficient (Wildman–Crippen LogP) is 3.13. The van der Waals surface area contributed by atoms with Crippen molar-refractivity contribution in [1.82, 2.24) is 0 Å². The van der Waals surface area contributed by atoms with Crippen LogP contribution in [0, 0.1) is 0 Å². The van der Waals surface area contributed by atoms with E-state index in [9.17, 15) is 13.2 Å². The number of anilines is 2. The number of ether oxygens (including phenoxy) is 1. The molecule has 1 amide bonds. The molecule has 6 nitrogen and oxygen atoms in total. The first-order chi connectivity index (χ1) is 13.0. The Morgan fingerprint density at radius 2 is 1.81 bits per heavy atom. The first-order valence-electron chi connectivity index (χ1n) is 8.43. The van der Waals surface area contributed by atoms with Crippen LogP contribution in [0.2, 0.25) is 0 Å². The molecule has 1 aliphatic rings. The number of carbonyl (C=O) groups excluding carboxylic acids is 1. The van der Waals surface area contributed by atoms with Crippen molar-refractivity contribution in [2.75, 3.05) is 23.3 Å². The number of nitrogens with zero attached hydrogens (tertiary/aromatic N) is 1. The van der Waals surface area contributed by atoms with Gasteiger partial charge >= 0.3 is 0 Å². The monoisotopic (exact) mass is 382 g/mol. The number of sulfonamides is 1. The van der Waals surface area contributed by atoms with Gasteiger partial charge < -0.3 is 10.1 Å². The van der Waals surface area contributed by atoms with Gasteiger partial charge in [-0.15, -0.1) is 0 Å². The Hall–Kier alpha value is -2.90. The summed E-state index contributed by atoms with van der Waals surface area (Å²) >= 11 is 0. The topological polar surface area (TPSA) is 75.7 Å². The quantitative estimate of drug-likeness (QED) is 0.736. The van der Waals surface area contributed by atoms with Crippen molar-refractivity contribution in [3.63, 3.8) is 0 Å². The summed E-state index contributed by atoms with van der Waals surface area (Å²) in [6.07, 6.45) is 0. The average molecular weight is 382 g/mol. The Kier molecular flexibility index (Phi) is 4.33. The van der Waals surface area contributed by atoms with Crippen molar-refractivity contribution in [2.24, 2.45) is 0 Å². The molecule has 0 saturated heterocycles. The molecule has 0 spiro atoms. The lowest BCUT2D eigenvalue weighted by molar-refractivity contribution is -0.114. The first kappa shape index (κ1) is 17.5. The highest BCUT2D eigenvalue weighted by molar-refractivity contribution is 7.93. The Balaban J connectivity index is 1.61. The average Bonchev–Trinajstić information content (AvgIpc) is 2.86. The molecule has 0 aromatic heterocycles. The van der Waals surface area contributed by atoms with Crippen molar-refractivity contribution in [1.29, 1.82) is 0 Å². The molecule has 4 rings (SSSR count). The van der Waals surface area contributed by atoms with Crippen LogP contribution >= 0.6 is 0 Å². The van der Waals surface area contributed by atoms with Gasteiger partial charge in [-0.05, 0) is 35.2 Å². The number of hydrogen-bond donors (Lipinski definition) is 1. The van der Waals surface area contributed by atoms with Gasteiger partial charge in [-0.1, -0.05) is 36.4 Å². The van der Waals surface area contributed by atoms with Crippen LogP contribution in [0.25, 0.3) is 10.8 Å². The lowest BCUT2D eigenvalue weighted by Crippen LogP contribution is -2.35. The predicted molar refractivity (Wildman–Crippen MR) is 104 cm³/mol. The zero-order valence-corrected chi connectivity index (χ0v) is 15.5. The van der Waals surface area contributed by atoms with Crippen LogP contribution in [0.5, 0.6) is 0 Å². The fourth-order valence-electron chi connectivity index (χ4n) is 3.36. The molecule has 1 N–H and O–H groups in total. The number of carbonyl (C=O) groups is 1. The minimum atomic E-state index is -3.75. The van der Waals surface area contributed by atoms with Gasteiger partial charge in [0.25, 0.3) is 10.0 Å². The van der Waals surface area contributed by atoms with Gasteiger partial charge in [-0.25, -0.2) is 8.42 Å². The molecule has 7 heteroatoms. The fraction of sp³-hybridized carbons (Fsp3) is 0.150. The third-order valence-corrected chi connectivity index (χ3v) is 6.29. The van der Waals surface area contributed by atoms with Crippen LogP contribution in [0.1, 0.15) is 5.56 Å². The van der Waals surface area contributed by atoms with E-state index in [2.05, 4.69) is 5.32 Å². The lowest BCUT2D eigenvalue weighted by Gasteiger charge is -2.18. The molecule has 0 aliphatic carbocycles. The van der Waals surface area contributed by atoms with Crippen molar-refractivity contribution in [2.45, 2.75) is 11.5 Å². The molecule has 27 heavy (non-hydrogen) atoms. The van der Waals surface area contributed by atoms with E-state index < -0.39 is 15.9 Å². The number of rotatable bonds is 5. The van der Waals surface area contributed by atoms with Crippen LogP contribution < -0.4 is 9.62 Å². The van der Waals surface area contributed by atoms with Crippen molar-refractivity contribution < 1.29 is 17.9 Å². The summed E-state index contributed by atoms with van der Waals surface area (Å²) in [4.78, 5) is 12.8. The molecule has 0 radical (unpaired) electrons. The third-order valence-electron chi connectivity index (χ3n) is 4.49. The van der Waals surface area contributed by atoms with Gasteiger partial charge in [0.1, 0.15) is 6.54 Å². The summed E-state index contributed by atoms with van der Waals surface area (Å²) < 4.78 is 32.1. The van der Waals surface area contributed by atoms with Gasteiger partial charge in [0, 0.05) is 18.2 Å². The largest absolute Gasteiger partial charge is 0.380 e. The smallest absolute Gasteiger partial charge is 0.265 e. The Labute approximate surface area is 157 Å². The maximum Gasteiger partial charge on any atom is 0.265 e. The van der Waals surface area contributed by atoms with Gasteiger partial charge in [0.05, 0.1) is 17.2 Å². The lowest BCUT2D eigenvalue weighted by atomic mass is 10.1. The summed E-state index contributed by atoms with van der Waals surface area (Å²) in [7, 11) is -2.15. The van der Waals surface area contributed by atoms with Gasteiger partial charge in [-0.3, -0.25) is 9.10 Å². The van der Waals surface area contributed by atoms with E-state index in [0.717, 1.165) is 10.9 Å². The van der Waals surface area contributed by atoms with E-state index in [0.29, 0.717) is 23.4 Å². The second-order valence-corrected chi connectivity index (χ2v) is 8.16. The Morgan fingerprint density at radius 3 is 2.59 bits per heavy atom. The Bertz CT molecular complexity index is 1140. The fourth-order valence-corrected chi connectivity index (χ4v) is 5.03. The first-order valence-corrected chi connectivity index (χ1v) is 9.87. The van der Waals surface area contributed by atoms with E-state index in [1.165, 1.54) is 4.31 Å². The molecule has 0 saturated carbocycles. The SMILES string of the molecule is COCc1cccc(NC(=O)CN2c3cccc4cccc(c34)S2(=O)=O)c1. The number of benzene rings is 3. The second-order valence-electron chi connectivity index (χ2n) is 6.32. The standard InChI is InChI=1S/C20H18N2O4S/c1-26-13-14-5-2-8-16(11-14)21-19(23)12-22-17-9-3-6-15-7-4-10-18(20(15)17)27(22,24)25/h2-11H,12-13H2,1H3,(H,21,23). The summed E-state index contributed by atoms with van der Waals surface area (Å²) in [6, 6.07) is 17.8. The van der Waals surface area contributed by atoms with Crippen LogP contribution in [0.3, 0.4) is 0 Å². The highest BCUT2D eigenvalue weighted by Crippen LogP contribution is 2.41. The van der Waals surface area contributed by atoms with Crippen molar-refractivity contribution >= 4 is 38.1 Å². The summed E-state index contributed by atoms with van der Waals surface area (Å²) in [5, 5.41) is 4.26. The van der Waals surface area contributed by atoms with Crippen molar-refractivity contribution in [3.05, 3.63) is 66.2 Å². The maximum absolute atomic E-state index is 12.9. The molecule has 138 valence electrons. The van der Waals surface area contributed by atoms with Crippen molar-refractivity contribution in [3.8, 4) is 0 Å². The molecule has 3 aromatic carbocycles. The molecule has 0 unspecified atom stereocenters. The maximum atomic E-state index is 12.9. The normalized spacial score (nSPS) is 14.5. The van der Waals surface area contributed by atoms with Gasteiger partial charge in [0.15, 0.2) is 0 Å². The summed E-state index contributed by atoms with van der Waals surface area (Å²) in [6.45, 7) is 0.145. The van der Waals surface area contributed by atoms with E-state index in [-0.39, 0.29) is 11.4 Å². The second kappa shape index (κ2) is 6.68. The Morgan fingerprint density at radius 1 is 1.07 bits per heavy atom. The molecular weight excluding hydrogens is 364 g/mol. The molecule has 0 atom stereocenters. The summed E-state index contributed by atoms with van der Waals surface area (Å²) in [5.41, 5.74) is 2.05. The van der Waals surface area contributed by atoms with E-state index in [4.69, 9.17) is 4.74 Å². The van der Waals surface area contributed by atoms with Crippen LogP contribution in [0.4, 0.5) is 11.4 Å². The number of methoxy groups -OCH3 is 1. The van der Waals surface area contributed by atoms with Crippen LogP contribution in [-0.4, -0.2) is 28.0 Å². The summed E-state index contributed by atoms with van der Waals surface area (Å²) in [5.74, 6) is -0.405. The minimum Gasteiger partial charge on any atom is -0.380 e. The molecular formula is C20H18N2O4S. The number of amides is 1. The molecule has 1 heterocycles. The van der Waals surface area contributed by atoms with E-state index in [1.807, 2.05) is 24.3 Å². The third kappa shape index (κ3) is 3.05. The van der Waals surface area contributed by atoms with Gasteiger partial charge in [0.2, 0.25) is 5.91 Å². The molecule has 0 fully saturated rings. The molecule has 3 aromatic rings. The van der Waals surface area contributed by atoms with E-state index in [1.54, 1.807) is 43.5 Å². The van der Waals surface area contributed by atoms with Gasteiger partial charge in [-0.2, -0.15) is 0 Å². The molecule has 1 aliphatic heterocycles.